The summed E-state index contributed by atoms with van der Waals surface area (Å²) in [4.78, 5) is 28.1. The molecule has 3 aromatic carbocycles. The first-order valence-electron chi connectivity index (χ1n) is 11.0. The van der Waals surface area contributed by atoms with Gasteiger partial charge in [0.05, 0.1) is 24.3 Å². The van der Waals surface area contributed by atoms with E-state index in [-0.39, 0.29) is 11.3 Å². The lowest BCUT2D eigenvalue weighted by molar-refractivity contribution is -0.132. The van der Waals surface area contributed by atoms with E-state index in [2.05, 4.69) is 6.92 Å². The van der Waals surface area contributed by atoms with Crippen molar-refractivity contribution in [3.63, 3.8) is 0 Å². The standard InChI is InChI=1S/C28H27NO4/c1-5-19-11-13-21(14-12-19)29-24(20-9-7-6-8-10-20)23(26(31)28(29)32)25(30)22-16-17(2)15-18(3)27(22)33-4/h6-16,24,30H,5H2,1-4H3/b25-23+. The monoisotopic (exact) mass is 441 g/mol. The Balaban J connectivity index is 1.97. The van der Waals surface area contributed by atoms with Crippen molar-refractivity contribution >= 4 is 23.1 Å². The number of hydrogen-bond donors (Lipinski definition) is 1. The van der Waals surface area contributed by atoms with Gasteiger partial charge in [-0.25, -0.2) is 0 Å². The molecule has 1 amide bonds. The van der Waals surface area contributed by atoms with E-state index in [1.165, 1.54) is 12.0 Å². The molecule has 1 heterocycles. The molecule has 3 aromatic rings. The molecule has 1 unspecified atom stereocenters. The second-order valence-electron chi connectivity index (χ2n) is 8.26. The molecule has 1 aliphatic rings. The number of ether oxygens (including phenoxy) is 1. The molecule has 0 aromatic heterocycles. The number of aliphatic hydroxyl groups is 1. The molecule has 0 radical (unpaired) electrons. The third-order valence-corrected chi connectivity index (χ3v) is 6.06. The molecule has 4 rings (SSSR count). The van der Waals surface area contributed by atoms with Crippen molar-refractivity contribution in [3.8, 4) is 5.75 Å². The van der Waals surface area contributed by atoms with Gasteiger partial charge in [0.1, 0.15) is 11.5 Å². The minimum Gasteiger partial charge on any atom is -0.507 e. The van der Waals surface area contributed by atoms with Gasteiger partial charge in [-0.05, 0) is 60.7 Å². The normalized spacial score (nSPS) is 17.5. The van der Waals surface area contributed by atoms with E-state index >= 15 is 0 Å². The van der Waals surface area contributed by atoms with Gasteiger partial charge in [-0.15, -0.1) is 0 Å². The number of carbonyl (C=O) groups is 2. The Morgan fingerprint density at radius 3 is 2.27 bits per heavy atom. The van der Waals surface area contributed by atoms with Crippen molar-refractivity contribution in [1.29, 1.82) is 0 Å². The van der Waals surface area contributed by atoms with Gasteiger partial charge >= 0.3 is 0 Å². The van der Waals surface area contributed by atoms with Gasteiger partial charge in [0.15, 0.2) is 0 Å². The average Bonchev–Trinajstić information content (AvgIpc) is 3.09. The predicted octanol–water partition coefficient (Wildman–Crippen LogP) is 5.50. The van der Waals surface area contributed by atoms with E-state index in [4.69, 9.17) is 4.74 Å². The van der Waals surface area contributed by atoms with E-state index in [0.717, 1.165) is 28.7 Å². The third kappa shape index (κ3) is 3.91. The minimum atomic E-state index is -0.760. The lowest BCUT2D eigenvalue weighted by Gasteiger charge is -2.26. The maximum Gasteiger partial charge on any atom is 0.300 e. The zero-order valence-electron chi connectivity index (χ0n) is 19.3. The second-order valence-corrected chi connectivity index (χ2v) is 8.26. The highest BCUT2D eigenvalue weighted by Gasteiger charge is 2.47. The molecule has 168 valence electrons. The first-order chi connectivity index (χ1) is 15.9. The van der Waals surface area contributed by atoms with Gasteiger partial charge in [-0.1, -0.05) is 55.5 Å². The SMILES string of the molecule is CCc1ccc(N2C(=O)C(=O)/C(=C(/O)c3cc(C)cc(C)c3OC)C2c2ccccc2)cc1. The Labute approximate surface area is 193 Å². The maximum atomic E-state index is 13.3. The number of rotatable bonds is 5. The minimum absolute atomic E-state index is 0.0501. The summed E-state index contributed by atoms with van der Waals surface area (Å²) in [5, 5.41) is 11.4. The molecule has 1 aliphatic heterocycles. The van der Waals surface area contributed by atoms with Crippen LogP contribution in [0.3, 0.4) is 0 Å². The van der Waals surface area contributed by atoms with Gasteiger partial charge in [0, 0.05) is 5.69 Å². The van der Waals surface area contributed by atoms with E-state index in [9.17, 15) is 14.7 Å². The number of hydrogen-bond acceptors (Lipinski definition) is 4. The lowest BCUT2D eigenvalue weighted by Crippen LogP contribution is -2.29. The molecule has 0 aliphatic carbocycles. The molecule has 0 spiro atoms. The number of aryl methyl sites for hydroxylation is 3. The lowest BCUT2D eigenvalue weighted by atomic mass is 9.93. The van der Waals surface area contributed by atoms with Gasteiger partial charge in [0.2, 0.25) is 0 Å². The van der Waals surface area contributed by atoms with Crippen LogP contribution >= 0.6 is 0 Å². The Hall–Kier alpha value is -3.86. The number of carbonyl (C=O) groups excluding carboxylic acids is 2. The largest absolute Gasteiger partial charge is 0.507 e. The fourth-order valence-corrected chi connectivity index (χ4v) is 4.49. The quantitative estimate of drug-likeness (QED) is 0.322. The van der Waals surface area contributed by atoms with Crippen LogP contribution in [-0.2, 0) is 16.0 Å². The molecule has 5 nitrogen and oxygen atoms in total. The Morgan fingerprint density at radius 1 is 1.00 bits per heavy atom. The highest BCUT2D eigenvalue weighted by Crippen LogP contribution is 2.43. The van der Waals surface area contributed by atoms with Crippen LogP contribution in [0.15, 0.2) is 72.3 Å². The van der Waals surface area contributed by atoms with Gasteiger partial charge in [0.25, 0.3) is 11.7 Å². The molecule has 0 bridgehead atoms. The first-order valence-corrected chi connectivity index (χ1v) is 11.0. The number of aliphatic hydroxyl groups excluding tert-OH is 1. The van der Waals surface area contributed by atoms with E-state index < -0.39 is 17.7 Å². The smallest absolute Gasteiger partial charge is 0.300 e. The number of ketones is 1. The molecule has 5 heteroatoms. The molecule has 1 fully saturated rings. The summed E-state index contributed by atoms with van der Waals surface area (Å²) in [6.07, 6.45) is 0.869. The summed E-state index contributed by atoms with van der Waals surface area (Å²) in [5.41, 5.74) is 4.67. The van der Waals surface area contributed by atoms with E-state index in [1.807, 2.05) is 74.5 Å². The van der Waals surface area contributed by atoms with Crippen LogP contribution in [0.5, 0.6) is 5.75 Å². The van der Waals surface area contributed by atoms with E-state index in [0.29, 0.717) is 17.0 Å². The summed E-state index contributed by atoms with van der Waals surface area (Å²) in [6, 6.07) is 19.8. The highest BCUT2D eigenvalue weighted by molar-refractivity contribution is 6.51. The van der Waals surface area contributed by atoms with Crippen molar-refractivity contribution in [2.75, 3.05) is 12.0 Å². The van der Waals surface area contributed by atoms with Crippen LogP contribution in [0.25, 0.3) is 5.76 Å². The van der Waals surface area contributed by atoms with Crippen molar-refractivity contribution in [2.45, 2.75) is 33.2 Å². The highest BCUT2D eigenvalue weighted by atomic mass is 16.5. The summed E-state index contributed by atoms with van der Waals surface area (Å²) in [6.45, 7) is 5.85. The average molecular weight is 442 g/mol. The number of anilines is 1. The van der Waals surface area contributed by atoms with Crippen molar-refractivity contribution < 1.29 is 19.4 Å². The maximum absolute atomic E-state index is 13.3. The summed E-state index contributed by atoms with van der Waals surface area (Å²) >= 11 is 0. The van der Waals surface area contributed by atoms with Crippen molar-refractivity contribution in [2.24, 2.45) is 0 Å². The summed E-state index contributed by atoms with van der Waals surface area (Å²) in [5.74, 6) is -1.15. The van der Waals surface area contributed by atoms with Gasteiger partial charge < -0.3 is 9.84 Å². The molecular weight excluding hydrogens is 414 g/mol. The predicted molar refractivity (Wildman–Crippen MR) is 130 cm³/mol. The van der Waals surface area contributed by atoms with Gasteiger partial charge in [-0.2, -0.15) is 0 Å². The van der Waals surface area contributed by atoms with E-state index in [1.54, 1.807) is 6.07 Å². The summed E-state index contributed by atoms with van der Waals surface area (Å²) < 4.78 is 5.55. The third-order valence-electron chi connectivity index (χ3n) is 6.06. The Bertz CT molecular complexity index is 1240. The fraction of sp³-hybridized carbons (Fsp3) is 0.214. The topological polar surface area (TPSA) is 66.8 Å². The number of benzene rings is 3. The molecule has 1 saturated heterocycles. The first kappa shape index (κ1) is 22.3. The number of nitrogens with zero attached hydrogens (tertiary/aromatic N) is 1. The Morgan fingerprint density at radius 2 is 1.67 bits per heavy atom. The zero-order chi connectivity index (χ0) is 23.7. The van der Waals surface area contributed by atoms with Crippen LogP contribution in [-0.4, -0.2) is 23.9 Å². The molecule has 1 atom stereocenters. The van der Waals surface area contributed by atoms with Crippen LogP contribution in [0.4, 0.5) is 5.69 Å². The number of Topliss-reactive ketones (excluding diaryl/α,β-unsaturated/α-hetero) is 1. The van der Waals surface area contributed by atoms with Crippen LogP contribution in [0.2, 0.25) is 0 Å². The molecule has 33 heavy (non-hydrogen) atoms. The number of amides is 1. The zero-order valence-corrected chi connectivity index (χ0v) is 19.3. The number of methoxy groups -OCH3 is 1. The van der Waals surface area contributed by atoms with Crippen molar-refractivity contribution in [3.05, 3.63) is 100 Å². The molecule has 1 N–H and O–H groups in total. The second kappa shape index (κ2) is 8.94. The van der Waals surface area contributed by atoms with Crippen LogP contribution in [0, 0.1) is 13.8 Å². The molecular formula is C28H27NO4. The fourth-order valence-electron chi connectivity index (χ4n) is 4.49. The molecule has 0 saturated carbocycles. The van der Waals surface area contributed by atoms with Crippen molar-refractivity contribution in [1.82, 2.24) is 0 Å². The Kier molecular flexibility index (Phi) is 6.05. The summed E-state index contributed by atoms with van der Waals surface area (Å²) in [7, 11) is 1.52. The van der Waals surface area contributed by atoms with Crippen LogP contribution in [0.1, 0.15) is 40.8 Å². The van der Waals surface area contributed by atoms with Gasteiger partial charge in [-0.3, -0.25) is 14.5 Å². The van der Waals surface area contributed by atoms with Crippen LogP contribution < -0.4 is 9.64 Å².